The van der Waals surface area contributed by atoms with E-state index >= 15 is 0 Å². The van der Waals surface area contributed by atoms with Gasteiger partial charge in [-0.1, -0.05) is 55.6 Å². The highest BCUT2D eigenvalue weighted by molar-refractivity contribution is 9.09. The Kier molecular flexibility index (Phi) is 5.13. The molecular weight excluding hydrogens is 331 g/mol. The first-order valence-corrected chi connectivity index (χ1v) is 6.71. The van der Waals surface area contributed by atoms with Crippen molar-refractivity contribution in [2.75, 3.05) is 5.33 Å². The second-order valence-corrected chi connectivity index (χ2v) is 4.39. The predicted octanol–water partition coefficient (Wildman–Crippen LogP) is 3.74. The van der Waals surface area contributed by atoms with Crippen LogP contribution < -0.4 is 0 Å². The highest BCUT2D eigenvalue weighted by Crippen LogP contribution is 2.23. The summed E-state index contributed by atoms with van der Waals surface area (Å²) in [6, 6.07) is 5.63. The van der Waals surface area contributed by atoms with E-state index in [1.54, 1.807) is 0 Å². The van der Waals surface area contributed by atoms with Crippen LogP contribution in [0, 0.1) is 0 Å². The van der Waals surface area contributed by atoms with Crippen LogP contribution >= 0.6 is 43.5 Å². The topological polar surface area (TPSA) is 17.1 Å². The van der Waals surface area contributed by atoms with Crippen LogP contribution in [0.4, 0.5) is 0 Å². The molecule has 76 valence electrons. The van der Waals surface area contributed by atoms with Gasteiger partial charge >= 0.3 is 0 Å². The number of benzene rings is 1. The molecule has 1 aromatic carbocycles. The van der Waals surface area contributed by atoms with Crippen molar-refractivity contribution in [3.63, 3.8) is 0 Å². The van der Waals surface area contributed by atoms with Crippen molar-refractivity contribution in [1.82, 2.24) is 0 Å². The highest BCUT2D eigenvalue weighted by Gasteiger charge is 2.08. The van der Waals surface area contributed by atoms with Crippen LogP contribution in [0.5, 0.6) is 0 Å². The van der Waals surface area contributed by atoms with Crippen LogP contribution in [0.1, 0.15) is 11.1 Å². The van der Waals surface area contributed by atoms with Gasteiger partial charge in [-0.05, 0) is 17.2 Å². The van der Waals surface area contributed by atoms with E-state index in [1.807, 2.05) is 18.2 Å². The molecule has 0 aromatic heterocycles. The van der Waals surface area contributed by atoms with Crippen LogP contribution in [-0.2, 0) is 16.5 Å². The van der Waals surface area contributed by atoms with Crippen LogP contribution in [-0.4, -0.2) is 11.1 Å². The van der Waals surface area contributed by atoms with Crippen molar-refractivity contribution in [2.24, 2.45) is 0 Å². The fourth-order valence-electron chi connectivity index (χ4n) is 1.18. The van der Waals surface area contributed by atoms with Crippen molar-refractivity contribution in [1.29, 1.82) is 0 Å². The lowest BCUT2D eigenvalue weighted by Gasteiger charge is -2.07. The van der Waals surface area contributed by atoms with E-state index in [2.05, 4.69) is 31.9 Å². The SMILES string of the molecule is O=C(CBr)Cc1cccc(Cl)c1CBr. The lowest BCUT2D eigenvalue weighted by molar-refractivity contribution is -0.115. The number of Topliss-reactive ketones (excluding diaryl/α,β-unsaturated/α-hetero) is 1. The minimum atomic E-state index is 0.162. The maximum absolute atomic E-state index is 11.3. The maximum atomic E-state index is 11.3. The summed E-state index contributed by atoms with van der Waals surface area (Å²) < 4.78 is 0. The van der Waals surface area contributed by atoms with Gasteiger partial charge in [0.2, 0.25) is 0 Å². The van der Waals surface area contributed by atoms with Gasteiger partial charge in [0.25, 0.3) is 0 Å². The standard InChI is InChI=1S/C10H9Br2ClO/c11-5-8(14)4-7-2-1-3-10(13)9(7)6-12/h1-3H,4-6H2. The lowest BCUT2D eigenvalue weighted by Crippen LogP contribution is -2.05. The Balaban J connectivity index is 2.96. The molecule has 0 spiro atoms. The van der Waals surface area contributed by atoms with Gasteiger partial charge in [-0.15, -0.1) is 0 Å². The van der Waals surface area contributed by atoms with E-state index in [1.165, 1.54) is 0 Å². The molecule has 0 fully saturated rings. The molecule has 0 aliphatic carbocycles. The summed E-state index contributed by atoms with van der Waals surface area (Å²) >= 11 is 12.5. The zero-order valence-corrected chi connectivity index (χ0v) is 11.3. The maximum Gasteiger partial charge on any atom is 0.147 e. The summed E-state index contributed by atoms with van der Waals surface area (Å²) in [6.45, 7) is 0. The summed E-state index contributed by atoms with van der Waals surface area (Å²) in [7, 11) is 0. The molecule has 0 N–H and O–H groups in total. The summed E-state index contributed by atoms with van der Waals surface area (Å²) in [5.41, 5.74) is 2.00. The molecule has 0 heterocycles. The van der Waals surface area contributed by atoms with Gasteiger partial charge in [0.15, 0.2) is 0 Å². The number of hydrogen-bond donors (Lipinski definition) is 0. The molecule has 0 atom stereocenters. The van der Waals surface area contributed by atoms with Gasteiger partial charge in [0.1, 0.15) is 5.78 Å². The molecule has 1 nitrogen and oxygen atoms in total. The van der Waals surface area contributed by atoms with E-state index in [-0.39, 0.29) is 5.78 Å². The van der Waals surface area contributed by atoms with Gasteiger partial charge in [-0.25, -0.2) is 0 Å². The first-order chi connectivity index (χ1) is 6.69. The summed E-state index contributed by atoms with van der Waals surface area (Å²) in [4.78, 5) is 11.3. The molecule has 0 unspecified atom stereocenters. The van der Waals surface area contributed by atoms with E-state index in [9.17, 15) is 4.79 Å². The summed E-state index contributed by atoms with van der Waals surface area (Å²) in [5, 5.41) is 1.78. The van der Waals surface area contributed by atoms with Crippen molar-refractivity contribution < 1.29 is 4.79 Å². The smallest absolute Gasteiger partial charge is 0.147 e. The number of ketones is 1. The quantitative estimate of drug-likeness (QED) is 0.763. The second-order valence-electron chi connectivity index (χ2n) is 2.86. The number of carbonyl (C=O) groups is 1. The fourth-order valence-corrected chi connectivity index (χ4v) is 2.46. The van der Waals surface area contributed by atoms with Gasteiger partial charge in [-0.2, -0.15) is 0 Å². The zero-order chi connectivity index (χ0) is 10.6. The minimum absolute atomic E-state index is 0.162. The van der Waals surface area contributed by atoms with Crippen molar-refractivity contribution >= 4 is 49.2 Å². The van der Waals surface area contributed by atoms with Gasteiger partial charge in [-0.3, -0.25) is 4.79 Å². The number of rotatable bonds is 4. The molecule has 0 saturated carbocycles. The first kappa shape index (κ1) is 12.2. The average Bonchev–Trinajstić information content (AvgIpc) is 2.18. The Morgan fingerprint density at radius 2 is 2.07 bits per heavy atom. The Bertz CT molecular complexity index is 339. The molecule has 4 heteroatoms. The van der Waals surface area contributed by atoms with Crippen LogP contribution in [0.3, 0.4) is 0 Å². The lowest BCUT2D eigenvalue weighted by atomic mass is 10.0. The molecule has 0 saturated heterocycles. The Morgan fingerprint density at radius 3 is 2.64 bits per heavy atom. The van der Waals surface area contributed by atoms with Crippen molar-refractivity contribution in [3.05, 3.63) is 34.3 Å². The number of alkyl halides is 2. The third kappa shape index (κ3) is 3.07. The van der Waals surface area contributed by atoms with E-state index < -0.39 is 0 Å². The normalized spacial score (nSPS) is 10.2. The Morgan fingerprint density at radius 1 is 1.36 bits per heavy atom. The van der Waals surface area contributed by atoms with E-state index in [0.29, 0.717) is 22.1 Å². The van der Waals surface area contributed by atoms with Crippen LogP contribution in [0.2, 0.25) is 5.02 Å². The Hall–Kier alpha value is 0.140. The van der Waals surface area contributed by atoms with Gasteiger partial charge < -0.3 is 0 Å². The molecular formula is C10H9Br2ClO. The molecule has 0 bridgehead atoms. The number of carbonyl (C=O) groups excluding carboxylic acids is 1. The Labute approximate surface area is 105 Å². The third-order valence-corrected chi connectivity index (χ3v) is 3.43. The van der Waals surface area contributed by atoms with E-state index in [4.69, 9.17) is 11.6 Å². The number of halogens is 3. The average molecular weight is 340 g/mol. The largest absolute Gasteiger partial charge is 0.298 e. The molecule has 14 heavy (non-hydrogen) atoms. The minimum Gasteiger partial charge on any atom is -0.298 e. The molecule has 0 aliphatic heterocycles. The molecule has 0 radical (unpaired) electrons. The molecule has 0 aliphatic rings. The zero-order valence-electron chi connectivity index (χ0n) is 7.40. The van der Waals surface area contributed by atoms with Crippen LogP contribution in [0.15, 0.2) is 18.2 Å². The third-order valence-electron chi connectivity index (χ3n) is 1.89. The van der Waals surface area contributed by atoms with Crippen molar-refractivity contribution in [2.45, 2.75) is 11.8 Å². The number of hydrogen-bond acceptors (Lipinski definition) is 1. The molecule has 1 aromatic rings. The summed E-state index contributed by atoms with van der Waals surface area (Å²) in [5.74, 6) is 0.162. The van der Waals surface area contributed by atoms with Crippen LogP contribution in [0.25, 0.3) is 0 Å². The first-order valence-electron chi connectivity index (χ1n) is 4.09. The monoisotopic (exact) mass is 338 g/mol. The fraction of sp³-hybridized carbons (Fsp3) is 0.300. The molecule has 1 rings (SSSR count). The highest BCUT2D eigenvalue weighted by atomic mass is 79.9. The molecule has 0 amide bonds. The van der Waals surface area contributed by atoms with Crippen molar-refractivity contribution in [3.8, 4) is 0 Å². The van der Waals surface area contributed by atoms with E-state index in [0.717, 1.165) is 11.1 Å². The van der Waals surface area contributed by atoms with Gasteiger partial charge in [0.05, 0.1) is 5.33 Å². The van der Waals surface area contributed by atoms with Gasteiger partial charge in [0, 0.05) is 16.8 Å². The predicted molar refractivity (Wildman–Crippen MR) is 66.6 cm³/mol. The summed E-state index contributed by atoms with van der Waals surface area (Å²) in [6.07, 6.45) is 0.437. The second kappa shape index (κ2) is 5.89.